The number of ether oxygens (including phenoxy) is 1. The molecule has 0 spiro atoms. The Morgan fingerprint density at radius 2 is 1.91 bits per heavy atom. The van der Waals surface area contributed by atoms with E-state index in [1.54, 1.807) is 16.4 Å². The number of hydrogen-bond acceptors (Lipinski definition) is 6. The van der Waals surface area contributed by atoms with Crippen molar-refractivity contribution in [3.05, 3.63) is 93.4 Å². The average molecular weight is 545 g/mol. The maximum absolute atomic E-state index is 6.08. The van der Waals surface area contributed by atoms with E-state index in [1.807, 2.05) is 66.7 Å². The summed E-state index contributed by atoms with van der Waals surface area (Å²) in [5.41, 5.74) is 3.11. The summed E-state index contributed by atoms with van der Waals surface area (Å²) in [6, 6.07) is 23.7. The average Bonchev–Trinajstić information content (AvgIpc) is 3.30. The summed E-state index contributed by atoms with van der Waals surface area (Å²) in [7, 11) is 0. The lowest BCUT2D eigenvalue weighted by Gasteiger charge is -2.13. The molecule has 0 aliphatic carbocycles. The zero-order valence-electron chi connectivity index (χ0n) is 17.8. The monoisotopic (exact) mass is 543 g/mol. The van der Waals surface area contributed by atoms with Gasteiger partial charge >= 0.3 is 0 Å². The minimum Gasteiger partial charge on any atom is -0.489 e. The SMILES string of the molecule is Clc1cccc(COc2ccc(Br)cc2CNCCCSc2nnnn2-c2ccccc2)c1. The van der Waals surface area contributed by atoms with Gasteiger partial charge in [-0.25, -0.2) is 0 Å². The summed E-state index contributed by atoms with van der Waals surface area (Å²) in [6.07, 6.45) is 0.985. The first-order valence-corrected chi connectivity index (χ1v) is 12.7. The van der Waals surface area contributed by atoms with E-state index in [4.69, 9.17) is 16.3 Å². The summed E-state index contributed by atoms with van der Waals surface area (Å²) in [5, 5.41) is 17.1. The van der Waals surface area contributed by atoms with Gasteiger partial charge < -0.3 is 10.1 Å². The largest absolute Gasteiger partial charge is 0.489 e. The second-order valence-electron chi connectivity index (χ2n) is 7.26. The van der Waals surface area contributed by atoms with Crippen molar-refractivity contribution in [1.29, 1.82) is 0 Å². The molecule has 1 N–H and O–H groups in total. The number of hydrogen-bond donors (Lipinski definition) is 1. The fourth-order valence-electron chi connectivity index (χ4n) is 3.20. The third-order valence-corrected chi connectivity index (χ3v) is 6.53. The van der Waals surface area contributed by atoms with Crippen LogP contribution in [0.25, 0.3) is 5.69 Å². The highest BCUT2D eigenvalue weighted by Crippen LogP contribution is 2.25. The Morgan fingerprint density at radius 3 is 2.76 bits per heavy atom. The standard InChI is InChI=1S/C24H23BrClN5OS/c25-20-10-11-23(32-17-18-6-4-7-21(26)14-18)19(15-20)16-27-12-5-13-33-24-28-29-30-31(24)22-8-2-1-3-9-22/h1-4,6-11,14-15,27H,5,12-13,16-17H2. The zero-order chi connectivity index (χ0) is 22.9. The predicted molar refractivity (Wildman–Crippen MR) is 136 cm³/mol. The van der Waals surface area contributed by atoms with Gasteiger partial charge in [-0.3, -0.25) is 0 Å². The molecule has 0 aliphatic heterocycles. The molecule has 0 radical (unpaired) electrons. The van der Waals surface area contributed by atoms with E-state index in [1.165, 1.54) is 0 Å². The Hall–Kier alpha value is -2.39. The van der Waals surface area contributed by atoms with Crippen molar-refractivity contribution in [3.63, 3.8) is 0 Å². The third kappa shape index (κ3) is 7.04. The van der Waals surface area contributed by atoms with Crippen molar-refractivity contribution in [1.82, 2.24) is 25.5 Å². The van der Waals surface area contributed by atoms with Crippen LogP contribution in [-0.4, -0.2) is 32.5 Å². The van der Waals surface area contributed by atoms with E-state index in [2.05, 4.69) is 42.8 Å². The fourth-order valence-corrected chi connectivity index (χ4v) is 4.65. The summed E-state index contributed by atoms with van der Waals surface area (Å²) in [6.45, 7) is 2.07. The molecule has 0 aliphatic rings. The van der Waals surface area contributed by atoms with Gasteiger partial charge in [-0.05, 0) is 71.4 Å². The minimum absolute atomic E-state index is 0.474. The van der Waals surface area contributed by atoms with Crippen molar-refractivity contribution < 1.29 is 4.74 Å². The summed E-state index contributed by atoms with van der Waals surface area (Å²) in [4.78, 5) is 0. The van der Waals surface area contributed by atoms with Crippen LogP contribution in [0.4, 0.5) is 0 Å². The van der Waals surface area contributed by atoms with Crippen molar-refractivity contribution in [2.75, 3.05) is 12.3 Å². The number of aromatic nitrogens is 4. The van der Waals surface area contributed by atoms with Crippen LogP contribution >= 0.6 is 39.3 Å². The first-order valence-electron chi connectivity index (χ1n) is 10.5. The lowest BCUT2D eigenvalue weighted by atomic mass is 10.2. The zero-order valence-corrected chi connectivity index (χ0v) is 21.0. The Labute approximate surface area is 210 Å². The number of halogens is 2. The van der Waals surface area contributed by atoms with Crippen LogP contribution in [0.15, 0.2) is 82.4 Å². The molecule has 4 aromatic rings. The van der Waals surface area contributed by atoms with Gasteiger partial charge in [0.15, 0.2) is 0 Å². The Morgan fingerprint density at radius 1 is 1.03 bits per heavy atom. The molecule has 1 aromatic heterocycles. The second kappa shape index (κ2) is 12.2. The van der Waals surface area contributed by atoms with Crippen molar-refractivity contribution in [2.45, 2.75) is 24.7 Å². The maximum Gasteiger partial charge on any atom is 0.214 e. The number of tetrazole rings is 1. The molecule has 0 unspecified atom stereocenters. The van der Waals surface area contributed by atoms with E-state index in [0.717, 1.165) is 57.5 Å². The number of rotatable bonds is 11. The molecule has 1 heterocycles. The van der Waals surface area contributed by atoms with Gasteiger partial charge in [0, 0.05) is 27.4 Å². The van der Waals surface area contributed by atoms with Crippen LogP contribution in [0.5, 0.6) is 5.75 Å². The highest BCUT2D eigenvalue weighted by molar-refractivity contribution is 9.10. The van der Waals surface area contributed by atoms with Gasteiger partial charge in [0.1, 0.15) is 12.4 Å². The molecule has 0 saturated carbocycles. The highest BCUT2D eigenvalue weighted by Gasteiger charge is 2.09. The molecule has 3 aromatic carbocycles. The Bertz CT molecular complexity index is 1170. The van der Waals surface area contributed by atoms with Gasteiger partial charge in [-0.1, -0.05) is 69.6 Å². The van der Waals surface area contributed by atoms with Crippen LogP contribution in [-0.2, 0) is 13.2 Å². The summed E-state index contributed by atoms with van der Waals surface area (Å²) in [5.74, 6) is 1.78. The van der Waals surface area contributed by atoms with Gasteiger partial charge in [-0.2, -0.15) is 4.68 Å². The second-order valence-corrected chi connectivity index (χ2v) is 9.67. The first kappa shape index (κ1) is 23.8. The summed E-state index contributed by atoms with van der Waals surface area (Å²) >= 11 is 11.3. The predicted octanol–water partition coefficient (Wildman–Crippen LogP) is 5.93. The Kier molecular flexibility index (Phi) is 8.77. The minimum atomic E-state index is 0.474. The molecule has 4 rings (SSSR count). The quantitative estimate of drug-likeness (QED) is 0.187. The van der Waals surface area contributed by atoms with Gasteiger partial charge in [0.05, 0.1) is 5.69 Å². The lowest BCUT2D eigenvalue weighted by molar-refractivity contribution is 0.302. The van der Waals surface area contributed by atoms with Crippen LogP contribution < -0.4 is 10.1 Å². The van der Waals surface area contributed by atoms with E-state index in [-0.39, 0.29) is 0 Å². The van der Waals surface area contributed by atoms with Crippen molar-refractivity contribution >= 4 is 39.3 Å². The van der Waals surface area contributed by atoms with Gasteiger partial charge in [0.2, 0.25) is 5.16 Å². The lowest BCUT2D eigenvalue weighted by Crippen LogP contribution is -2.16. The van der Waals surface area contributed by atoms with E-state index >= 15 is 0 Å². The number of para-hydroxylation sites is 1. The van der Waals surface area contributed by atoms with E-state index in [0.29, 0.717) is 11.6 Å². The van der Waals surface area contributed by atoms with Gasteiger partial charge in [0.25, 0.3) is 0 Å². The molecular formula is C24H23BrClN5OS. The normalized spacial score (nSPS) is 11.0. The van der Waals surface area contributed by atoms with Crippen LogP contribution in [0.2, 0.25) is 5.02 Å². The molecule has 33 heavy (non-hydrogen) atoms. The Balaban J connectivity index is 1.24. The number of thioether (sulfide) groups is 1. The summed E-state index contributed by atoms with van der Waals surface area (Å²) < 4.78 is 8.86. The molecule has 0 bridgehead atoms. The number of nitrogens with zero attached hydrogens (tertiary/aromatic N) is 4. The van der Waals surface area contributed by atoms with E-state index < -0.39 is 0 Å². The number of nitrogens with one attached hydrogen (secondary N) is 1. The fraction of sp³-hybridized carbons (Fsp3) is 0.208. The molecule has 6 nitrogen and oxygen atoms in total. The van der Waals surface area contributed by atoms with E-state index in [9.17, 15) is 0 Å². The maximum atomic E-state index is 6.08. The molecule has 0 saturated heterocycles. The van der Waals surface area contributed by atoms with Crippen LogP contribution in [0.3, 0.4) is 0 Å². The molecule has 0 fully saturated rings. The highest BCUT2D eigenvalue weighted by atomic mass is 79.9. The van der Waals surface area contributed by atoms with Crippen molar-refractivity contribution in [2.24, 2.45) is 0 Å². The smallest absolute Gasteiger partial charge is 0.214 e. The van der Waals surface area contributed by atoms with Crippen molar-refractivity contribution in [3.8, 4) is 11.4 Å². The molecule has 170 valence electrons. The molecule has 9 heteroatoms. The van der Waals surface area contributed by atoms with Crippen LogP contribution in [0.1, 0.15) is 17.5 Å². The van der Waals surface area contributed by atoms with Gasteiger partial charge in [-0.15, -0.1) is 5.10 Å². The molecular weight excluding hydrogens is 522 g/mol. The first-order chi connectivity index (χ1) is 16.2. The third-order valence-electron chi connectivity index (χ3n) is 4.79. The molecule has 0 amide bonds. The molecule has 0 atom stereocenters. The van der Waals surface area contributed by atoms with Crippen LogP contribution in [0, 0.1) is 0 Å². The topological polar surface area (TPSA) is 64.9 Å². The number of benzene rings is 3.